The Bertz CT molecular complexity index is 535. The number of anilines is 2. The van der Waals surface area contributed by atoms with Gasteiger partial charge in [-0.1, -0.05) is 30.3 Å². The summed E-state index contributed by atoms with van der Waals surface area (Å²) in [6.07, 6.45) is 0. The average molecular weight is 255 g/mol. The number of benzene rings is 2. The summed E-state index contributed by atoms with van der Waals surface area (Å²) in [4.78, 5) is 2.16. The molecule has 0 spiro atoms. The molecule has 0 amide bonds. The van der Waals surface area contributed by atoms with Crippen LogP contribution in [0.1, 0.15) is 11.1 Å². The molecule has 2 rings (SSSR count). The van der Waals surface area contributed by atoms with Crippen molar-refractivity contribution in [3.05, 3.63) is 59.7 Å². The van der Waals surface area contributed by atoms with Crippen LogP contribution in [0.3, 0.4) is 0 Å². The lowest BCUT2D eigenvalue weighted by molar-refractivity contribution is 0.402. The van der Waals surface area contributed by atoms with Crippen molar-refractivity contribution < 1.29 is 0 Å². The Morgan fingerprint density at radius 1 is 1.05 bits per heavy atom. The maximum absolute atomic E-state index is 5.93. The van der Waals surface area contributed by atoms with E-state index in [-0.39, 0.29) is 0 Å². The van der Waals surface area contributed by atoms with Crippen molar-refractivity contribution in [3.8, 4) is 0 Å². The number of para-hydroxylation sites is 1. The minimum Gasteiger partial charge on any atom is -0.398 e. The number of nitrogen functional groups attached to an aromatic ring is 1. The monoisotopic (exact) mass is 255 g/mol. The first-order valence-corrected chi connectivity index (χ1v) is 6.46. The second kappa shape index (κ2) is 6.25. The zero-order valence-corrected chi connectivity index (χ0v) is 11.6. The van der Waals surface area contributed by atoms with E-state index in [1.54, 1.807) is 0 Å². The van der Waals surface area contributed by atoms with Crippen molar-refractivity contribution in [2.24, 2.45) is 0 Å². The molecule has 0 saturated carbocycles. The third kappa shape index (κ3) is 4.00. The third-order valence-electron chi connectivity index (χ3n) is 2.96. The molecule has 100 valence electrons. The number of hydrogen-bond acceptors (Lipinski definition) is 3. The maximum Gasteiger partial charge on any atom is 0.0421 e. The minimum absolute atomic E-state index is 0.748. The van der Waals surface area contributed by atoms with Gasteiger partial charge in [-0.15, -0.1) is 0 Å². The normalized spacial score (nSPS) is 10.7. The summed E-state index contributed by atoms with van der Waals surface area (Å²) < 4.78 is 0. The molecule has 0 aromatic heterocycles. The van der Waals surface area contributed by atoms with E-state index in [4.69, 9.17) is 5.73 Å². The van der Waals surface area contributed by atoms with Gasteiger partial charge < -0.3 is 16.0 Å². The molecule has 0 heterocycles. The number of nitrogens with zero attached hydrogens (tertiary/aromatic N) is 1. The predicted octanol–water partition coefficient (Wildman–Crippen LogP) is 2.94. The van der Waals surface area contributed by atoms with Crippen LogP contribution in [0.4, 0.5) is 11.4 Å². The molecule has 0 aliphatic rings. The molecule has 3 nitrogen and oxygen atoms in total. The first-order valence-electron chi connectivity index (χ1n) is 6.46. The van der Waals surface area contributed by atoms with Crippen molar-refractivity contribution in [2.75, 3.05) is 25.1 Å². The second-order valence-electron chi connectivity index (χ2n) is 4.99. The highest BCUT2D eigenvalue weighted by Crippen LogP contribution is 2.15. The van der Waals surface area contributed by atoms with Gasteiger partial charge in [-0.25, -0.2) is 0 Å². The smallest absolute Gasteiger partial charge is 0.0421 e. The Morgan fingerprint density at radius 3 is 2.58 bits per heavy atom. The summed E-state index contributed by atoms with van der Waals surface area (Å²) in [5.41, 5.74) is 10.3. The van der Waals surface area contributed by atoms with Crippen LogP contribution < -0.4 is 11.1 Å². The van der Waals surface area contributed by atoms with Crippen LogP contribution in [0, 0.1) is 0 Å². The predicted molar refractivity (Wildman–Crippen MR) is 82.0 cm³/mol. The van der Waals surface area contributed by atoms with Crippen LogP contribution in [-0.4, -0.2) is 19.0 Å². The van der Waals surface area contributed by atoms with Gasteiger partial charge in [0.2, 0.25) is 0 Å². The molecule has 0 fully saturated rings. The molecule has 0 bridgehead atoms. The highest BCUT2D eigenvalue weighted by atomic mass is 15.0. The first kappa shape index (κ1) is 13.4. The van der Waals surface area contributed by atoms with Gasteiger partial charge in [0.25, 0.3) is 0 Å². The fraction of sp³-hybridized carbons (Fsp3) is 0.250. The Labute approximate surface area is 115 Å². The zero-order valence-electron chi connectivity index (χ0n) is 11.6. The SMILES string of the molecule is CN(C)Cc1cccc(NCc2ccccc2N)c1. The van der Waals surface area contributed by atoms with Gasteiger partial charge in [0.1, 0.15) is 0 Å². The van der Waals surface area contributed by atoms with Gasteiger partial charge in [-0.2, -0.15) is 0 Å². The van der Waals surface area contributed by atoms with Crippen molar-refractivity contribution in [3.63, 3.8) is 0 Å². The fourth-order valence-electron chi connectivity index (χ4n) is 2.04. The van der Waals surface area contributed by atoms with E-state index >= 15 is 0 Å². The van der Waals surface area contributed by atoms with Crippen LogP contribution >= 0.6 is 0 Å². The Kier molecular flexibility index (Phi) is 4.42. The van der Waals surface area contributed by atoms with Crippen LogP contribution in [-0.2, 0) is 13.1 Å². The zero-order chi connectivity index (χ0) is 13.7. The fourth-order valence-corrected chi connectivity index (χ4v) is 2.04. The summed E-state index contributed by atoms with van der Waals surface area (Å²) in [5, 5.41) is 3.42. The molecule has 0 aliphatic heterocycles. The third-order valence-corrected chi connectivity index (χ3v) is 2.96. The van der Waals surface area contributed by atoms with E-state index in [1.165, 1.54) is 5.56 Å². The number of hydrogen-bond donors (Lipinski definition) is 2. The van der Waals surface area contributed by atoms with Crippen molar-refractivity contribution in [1.29, 1.82) is 0 Å². The number of nitrogens with one attached hydrogen (secondary N) is 1. The summed E-state index contributed by atoms with van der Waals surface area (Å²) in [6, 6.07) is 16.4. The van der Waals surface area contributed by atoms with E-state index < -0.39 is 0 Å². The minimum atomic E-state index is 0.748. The highest BCUT2D eigenvalue weighted by molar-refractivity contribution is 5.51. The van der Waals surface area contributed by atoms with Crippen molar-refractivity contribution in [1.82, 2.24) is 4.90 Å². The summed E-state index contributed by atoms with van der Waals surface area (Å²) in [7, 11) is 4.15. The second-order valence-corrected chi connectivity index (χ2v) is 4.99. The van der Waals surface area contributed by atoms with Gasteiger partial charge >= 0.3 is 0 Å². The van der Waals surface area contributed by atoms with Crippen LogP contribution in [0.5, 0.6) is 0 Å². The maximum atomic E-state index is 5.93. The Hall–Kier alpha value is -2.00. The van der Waals surface area contributed by atoms with E-state index in [0.717, 1.165) is 30.0 Å². The van der Waals surface area contributed by atoms with Gasteiger partial charge in [0.05, 0.1) is 0 Å². The molecule has 2 aromatic rings. The van der Waals surface area contributed by atoms with Crippen LogP contribution in [0.15, 0.2) is 48.5 Å². The molecule has 0 unspecified atom stereocenters. The van der Waals surface area contributed by atoms with E-state index in [0.29, 0.717) is 0 Å². The van der Waals surface area contributed by atoms with Gasteiger partial charge in [0, 0.05) is 24.5 Å². The van der Waals surface area contributed by atoms with Crippen LogP contribution in [0.2, 0.25) is 0 Å². The Balaban J connectivity index is 2.02. The van der Waals surface area contributed by atoms with E-state index in [9.17, 15) is 0 Å². The molecule has 3 heteroatoms. The molecular weight excluding hydrogens is 234 g/mol. The molecule has 0 saturated heterocycles. The molecular formula is C16H21N3. The topological polar surface area (TPSA) is 41.3 Å². The molecule has 19 heavy (non-hydrogen) atoms. The summed E-state index contributed by atoms with van der Waals surface area (Å²) in [6.45, 7) is 1.70. The number of rotatable bonds is 5. The number of nitrogens with two attached hydrogens (primary N) is 1. The van der Waals surface area contributed by atoms with E-state index in [1.807, 2.05) is 24.3 Å². The quantitative estimate of drug-likeness (QED) is 0.807. The lowest BCUT2D eigenvalue weighted by Crippen LogP contribution is -2.11. The molecule has 2 aromatic carbocycles. The largest absolute Gasteiger partial charge is 0.398 e. The average Bonchev–Trinajstić information content (AvgIpc) is 2.37. The molecule has 0 radical (unpaired) electrons. The van der Waals surface area contributed by atoms with Crippen molar-refractivity contribution in [2.45, 2.75) is 13.1 Å². The van der Waals surface area contributed by atoms with Gasteiger partial charge in [-0.05, 0) is 43.4 Å². The van der Waals surface area contributed by atoms with E-state index in [2.05, 4.69) is 48.6 Å². The lowest BCUT2D eigenvalue weighted by atomic mass is 10.1. The highest BCUT2D eigenvalue weighted by Gasteiger charge is 2.00. The summed E-state index contributed by atoms with van der Waals surface area (Å²) in [5.74, 6) is 0. The first-order chi connectivity index (χ1) is 9.15. The molecule has 3 N–H and O–H groups in total. The lowest BCUT2D eigenvalue weighted by Gasteiger charge is -2.12. The van der Waals surface area contributed by atoms with Gasteiger partial charge in [0.15, 0.2) is 0 Å². The molecule has 0 aliphatic carbocycles. The van der Waals surface area contributed by atoms with Gasteiger partial charge in [-0.3, -0.25) is 0 Å². The van der Waals surface area contributed by atoms with Crippen LogP contribution in [0.25, 0.3) is 0 Å². The van der Waals surface area contributed by atoms with Crippen molar-refractivity contribution >= 4 is 11.4 Å². The Morgan fingerprint density at radius 2 is 1.84 bits per heavy atom. The standard InChI is InChI=1S/C16H21N3/c1-19(2)12-13-6-5-8-15(10-13)18-11-14-7-3-4-9-16(14)17/h3-10,18H,11-12,17H2,1-2H3. The molecule has 0 atom stereocenters. The summed E-state index contributed by atoms with van der Waals surface area (Å²) >= 11 is 0.